The zero-order chi connectivity index (χ0) is 22.5. The Bertz CT molecular complexity index is 1070. The lowest BCUT2D eigenvalue weighted by molar-refractivity contribution is -0.120. The highest BCUT2D eigenvalue weighted by molar-refractivity contribution is 5.98. The quantitative estimate of drug-likeness (QED) is 0.629. The molecule has 4 rings (SSSR count). The number of benzene rings is 3. The molecule has 164 valence electrons. The molecule has 0 aromatic heterocycles. The molecule has 1 fully saturated rings. The molecule has 3 aromatic carbocycles. The summed E-state index contributed by atoms with van der Waals surface area (Å²) in [6.45, 7) is 5.15. The van der Waals surface area contributed by atoms with Crippen LogP contribution in [0.3, 0.4) is 0 Å². The molecule has 1 aliphatic heterocycles. The predicted molar refractivity (Wildman–Crippen MR) is 129 cm³/mol. The third kappa shape index (κ3) is 4.81. The summed E-state index contributed by atoms with van der Waals surface area (Å²) in [5.41, 5.74) is 9.80. The second kappa shape index (κ2) is 9.66. The molecule has 1 unspecified atom stereocenters. The van der Waals surface area contributed by atoms with E-state index in [4.69, 9.17) is 5.73 Å². The van der Waals surface area contributed by atoms with Gasteiger partial charge in [-0.05, 0) is 42.8 Å². The molecule has 6 nitrogen and oxygen atoms in total. The number of nitrogens with two attached hydrogens (primary N) is 1. The third-order valence-electron chi connectivity index (χ3n) is 6.03. The summed E-state index contributed by atoms with van der Waals surface area (Å²) in [5.74, 6) is -0.428. The van der Waals surface area contributed by atoms with Crippen molar-refractivity contribution in [2.45, 2.75) is 13.0 Å². The van der Waals surface area contributed by atoms with Gasteiger partial charge in [0.25, 0.3) is 0 Å². The summed E-state index contributed by atoms with van der Waals surface area (Å²) in [7, 11) is 0. The van der Waals surface area contributed by atoms with E-state index in [2.05, 4.69) is 15.1 Å². The molecule has 3 aromatic rings. The van der Waals surface area contributed by atoms with Crippen LogP contribution in [0, 0.1) is 0 Å². The van der Waals surface area contributed by atoms with Crippen LogP contribution >= 0.6 is 0 Å². The van der Waals surface area contributed by atoms with Crippen molar-refractivity contribution in [2.75, 3.05) is 36.4 Å². The van der Waals surface area contributed by atoms with Gasteiger partial charge in [0.2, 0.25) is 11.8 Å². The first kappa shape index (κ1) is 21.6. The number of nitrogens with zero attached hydrogens (tertiary/aromatic N) is 2. The molecule has 1 aliphatic rings. The number of piperazine rings is 1. The van der Waals surface area contributed by atoms with E-state index in [1.807, 2.05) is 73.7 Å². The van der Waals surface area contributed by atoms with Gasteiger partial charge in [0.1, 0.15) is 0 Å². The molecule has 1 atom stereocenters. The first-order valence-electron chi connectivity index (χ1n) is 10.9. The van der Waals surface area contributed by atoms with Crippen molar-refractivity contribution in [1.29, 1.82) is 0 Å². The fourth-order valence-corrected chi connectivity index (χ4v) is 4.07. The molecule has 0 radical (unpaired) electrons. The largest absolute Gasteiger partial charge is 0.369 e. The monoisotopic (exact) mass is 428 g/mol. The summed E-state index contributed by atoms with van der Waals surface area (Å²) in [6, 6.07) is 25.1. The van der Waals surface area contributed by atoms with Gasteiger partial charge in [-0.25, -0.2) is 0 Å². The summed E-state index contributed by atoms with van der Waals surface area (Å²) in [6.07, 6.45) is 0. The van der Waals surface area contributed by atoms with E-state index in [0.29, 0.717) is 5.56 Å². The minimum atomic E-state index is -0.421. The minimum absolute atomic E-state index is 0.00681. The average Bonchev–Trinajstić information content (AvgIpc) is 2.84. The van der Waals surface area contributed by atoms with Gasteiger partial charge in [-0.2, -0.15) is 0 Å². The Morgan fingerprint density at radius 3 is 2.12 bits per heavy atom. The van der Waals surface area contributed by atoms with E-state index < -0.39 is 5.91 Å². The Morgan fingerprint density at radius 1 is 0.844 bits per heavy atom. The van der Waals surface area contributed by atoms with E-state index in [0.717, 1.165) is 48.7 Å². The maximum Gasteiger partial charge on any atom is 0.248 e. The molecule has 1 saturated heterocycles. The molecular weight excluding hydrogens is 400 g/mol. The van der Waals surface area contributed by atoms with Crippen LogP contribution in [0.15, 0.2) is 78.9 Å². The van der Waals surface area contributed by atoms with Crippen molar-refractivity contribution < 1.29 is 9.59 Å². The number of primary amides is 1. The fraction of sp³-hybridized carbons (Fsp3) is 0.231. The number of para-hydroxylation sites is 1. The van der Waals surface area contributed by atoms with Gasteiger partial charge in [0, 0.05) is 48.7 Å². The van der Waals surface area contributed by atoms with Crippen LogP contribution in [-0.4, -0.2) is 48.9 Å². The normalized spacial score (nSPS) is 15.2. The number of carbonyl (C=O) groups is 2. The number of anilines is 2. The zero-order valence-corrected chi connectivity index (χ0v) is 18.2. The number of hydrogen-bond donors (Lipinski definition) is 2. The van der Waals surface area contributed by atoms with E-state index in [-0.39, 0.29) is 11.9 Å². The maximum absolute atomic E-state index is 13.0. The van der Waals surface area contributed by atoms with Crippen LogP contribution in [-0.2, 0) is 4.79 Å². The standard InChI is InChI=1S/C26H28N4O2/c1-19(26(32)28-24-10-6-5-9-23(24)20-7-3-2-4-8-20)29-15-17-30(18-16-29)22-13-11-21(12-14-22)25(27)31/h2-14,19H,15-18H2,1H3,(H2,27,31)(H,28,32). The number of nitrogens with one attached hydrogen (secondary N) is 1. The molecule has 0 aliphatic carbocycles. The van der Waals surface area contributed by atoms with Crippen molar-refractivity contribution >= 4 is 23.2 Å². The smallest absolute Gasteiger partial charge is 0.248 e. The Labute approximate surface area is 188 Å². The number of rotatable bonds is 6. The van der Waals surface area contributed by atoms with Gasteiger partial charge < -0.3 is 16.0 Å². The molecule has 6 heteroatoms. The van der Waals surface area contributed by atoms with Gasteiger partial charge in [-0.15, -0.1) is 0 Å². The number of carbonyl (C=O) groups excluding carboxylic acids is 2. The molecular formula is C26H28N4O2. The van der Waals surface area contributed by atoms with Gasteiger partial charge in [0.15, 0.2) is 0 Å². The van der Waals surface area contributed by atoms with E-state index in [1.54, 1.807) is 12.1 Å². The van der Waals surface area contributed by atoms with Crippen molar-refractivity contribution in [1.82, 2.24) is 4.90 Å². The van der Waals surface area contributed by atoms with E-state index in [9.17, 15) is 9.59 Å². The van der Waals surface area contributed by atoms with Crippen LogP contribution in [0.4, 0.5) is 11.4 Å². The predicted octanol–water partition coefficient (Wildman–Crippen LogP) is 3.60. The topological polar surface area (TPSA) is 78.7 Å². The van der Waals surface area contributed by atoms with Crippen molar-refractivity contribution in [3.63, 3.8) is 0 Å². The van der Waals surface area contributed by atoms with Crippen LogP contribution < -0.4 is 16.0 Å². The Kier molecular flexibility index (Phi) is 6.52. The van der Waals surface area contributed by atoms with Gasteiger partial charge in [0.05, 0.1) is 6.04 Å². The molecule has 3 N–H and O–H groups in total. The van der Waals surface area contributed by atoms with Crippen molar-refractivity contribution in [2.24, 2.45) is 5.73 Å². The second-order valence-corrected chi connectivity index (χ2v) is 8.01. The highest BCUT2D eigenvalue weighted by atomic mass is 16.2. The SMILES string of the molecule is CC(C(=O)Nc1ccccc1-c1ccccc1)N1CCN(c2ccc(C(N)=O)cc2)CC1. The lowest BCUT2D eigenvalue weighted by Crippen LogP contribution is -2.52. The molecule has 0 bridgehead atoms. The van der Waals surface area contributed by atoms with Crippen molar-refractivity contribution in [3.8, 4) is 11.1 Å². The first-order valence-corrected chi connectivity index (χ1v) is 10.9. The number of amides is 2. The molecule has 0 saturated carbocycles. The summed E-state index contributed by atoms with van der Waals surface area (Å²) >= 11 is 0. The van der Waals surface area contributed by atoms with Crippen LogP contribution in [0.1, 0.15) is 17.3 Å². The Morgan fingerprint density at radius 2 is 1.47 bits per heavy atom. The van der Waals surface area contributed by atoms with Crippen molar-refractivity contribution in [3.05, 3.63) is 84.4 Å². The van der Waals surface area contributed by atoms with Crippen LogP contribution in [0.2, 0.25) is 0 Å². The molecule has 2 amide bonds. The highest BCUT2D eigenvalue weighted by Crippen LogP contribution is 2.28. The van der Waals surface area contributed by atoms with E-state index >= 15 is 0 Å². The number of hydrogen-bond acceptors (Lipinski definition) is 4. The molecule has 32 heavy (non-hydrogen) atoms. The van der Waals surface area contributed by atoms with Gasteiger partial charge in [-0.1, -0.05) is 48.5 Å². The maximum atomic E-state index is 13.0. The third-order valence-corrected chi connectivity index (χ3v) is 6.03. The summed E-state index contributed by atoms with van der Waals surface area (Å²) in [4.78, 5) is 28.8. The van der Waals surface area contributed by atoms with Crippen LogP contribution in [0.25, 0.3) is 11.1 Å². The van der Waals surface area contributed by atoms with Gasteiger partial charge in [-0.3, -0.25) is 14.5 Å². The first-order chi connectivity index (χ1) is 15.5. The summed E-state index contributed by atoms with van der Waals surface area (Å²) < 4.78 is 0. The minimum Gasteiger partial charge on any atom is -0.369 e. The lowest BCUT2D eigenvalue weighted by Gasteiger charge is -2.38. The Balaban J connectivity index is 1.37. The Hall–Kier alpha value is -3.64. The average molecular weight is 429 g/mol. The van der Waals surface area contributed by atoms with Crippen LogP contribution in [0.5, 0.6) is 0 Å². The summed E-state index contributed by atoms with van der Waals surface area (Å²) in [5, 5.41) is 3.13. The van der Waals surface area contributed by atoms with Gasteiger partial charge >= 0.3 is 0 Å². The highest BCUT2D eigenvalue weighted by Gasteiger charge is 2.26. The molecule has 1 heterocycles. The lowest BCUT2D eigenvalue weighted by atomic mass is 10.0. The zero-order valence-electron chi connectivity index (χ0n) is 18.2. The van der Waals surface area contributed by atoms with E-state index in [1.165, 1.54) is 0 Å². The second-order valence-electron chi connectivity index (χ2n) is 8.01. The molecule has 0 spiro atoms. The fourth-order valence-electron chi connectivity index (χ4n) is 4.07.